The van der Waals surface area contributed by atoms with Crippen molar-refractivity contribution in [2.75, 3.05) is 43.0 Å². The minimum Gasteiger partial charge on any atom is -0.368 e. The minimum absolute atomic E-state index is 0.206. The van der Waals surface area contributed by atoms with Crippen LogP contribution >= 0.6 is 35.6 Å². The van der Waals surface area contributed by atoms with E-state index in [1.165, 1.54) is 16.7 Å². The van der Waals surface area contributed by atoms with E-state index in [9.17, 15) is 9.59 Å². The smallest absolute Gasteiger partial charge is 0.267 e. The van der Waals surface area contributed by atoms with Crippen molar-refractivity contribution in [1.29, 1.82) is 0 Å². The number of carbonyl (C=O) groups is 1. The molecule has 2 fully saturated rings. The maximum Gasteiger partial charge on any atom is 0.267 e. The predicted octanol–water partition coefficient (Wildman–Crippen LogP) is 3.81. The Hall–Kier alpha value is -2.88. The average molecular weight is 512 g/mol. The molecular weight excluding hydrogens is 490 g/mol. The summed E-state index contributed by atoms with van der Waals surface area (Å²) in [5.74, 6) is 0.376. The van der Waals surface area contributed by atoms with Crippen molar-refractivity contribution in [2.45, 2.75) is 6.92 Å². The van der Waals surface area contributed by atoms with Crippen molar-refractivity contribution >= 4 is 69.0 Å². The average Bonchev–Trinajstić information content (AvgIpc) is 3.07. The Kier molecular flexibility index (Phi) is 6.09. The highest BCUT2D eigenvalue weighted by Gasteiger charge is 2.30. The fraction of sp³-hybridized carbons (Fsp3) is 0.250. The van der Waals surface area contributed by atoms with E-state index in [0.717, 1.165) is 24.3 Å². The first-order chi connectivity index (χ1) is 16.3. The van der Waals surface area contributed by atoms with E-state index in [2.05, 4.69) is 9.80 Å². The number of amides is 1. The van der Waals surface area contributed by atoms with Gasteiger partial charge in [0.1, 0.15) is 15.8 Å². The fourth-order valence-corrected chi connectivity index (χ4v) is 5.49. The largest absolute Gasteiger partial charge is 0.368 e. The molecule has 0 N–H and O–H groups in total. The molecule has 174 valence electrons. The molecule has 2 saturated heterocycles. The summed E-state index contributed by atoms with van der Waals surface area (Å²) in [6.07, 6.45) is 3.42. The van der Waals surface area contributed by atoms with Gasteiger partial charge in [-0.15, -0.1) is 0 Å². The van der Waals surface area contributed by atoms with Gasteiger partial charge in [0, 0.05) is 50.1 Å². The van der Waals surface area contributed by atoms with E-state index in [-0.39, 0.29) is 11.5 Å². The number of aromatic nitrogens is 2. The Labute approximate surface area is 211 Å². The first-order valence-electron chi connectivity index (χ1n) is 10.8. The second-order valence-electron chi connectivity index (χ2n) is 8.28. The van der Waals surface area contributed by atoms with Gasteiger partial charge in [-0.1, -0.05) is 47.7 Å². The number of hydrogen-bond donors (Lipinski definition) is 0. The lowest BCUT2D eigenvalue weighted by Crippen LogP contribution is -2.47. The van der Waals surface area contributed by atoms with Gasteiger partial charge in [-0.25, -0.2) is 4.98 Å². The molecule has 0 saturated carbocycles. The van der Waals surface area contributed by atoms with Crippen molar-refractivity contribution in [2.24, 2.45) is 0 Å². The molecule has 34 heavy (non-hydrogen) atoms. The number of benzene rings is 1. The molecule has 0 aliphatic carbocycles. The molecule has 2 aliphatic heterocycles. The molecule has 7 nitrogen and oxygen atoms in total. The third-order valence-corrected chi connectivity index (χ3v) is 7.72. The molecule has 0 bridgehead atoms. The Morgan fingerprint density at radius 1 is 1.09 bits per heavy atom. The number of rotatable bonds is 3. The van der Waals surface area contributed by atoms with Crippen LogP contribution < -0.4 is 15.4 Å². The van der Waals surface area contributed by atoms with Crippen LogP contribution in [0, 0.1) is 6.92 Å². The Morgan fingerprint density at radius 2 is 1.82 bits per heavy atom. The molecule has 1 aromatic carbocycles. The first-order valence-corrected chi connectivity index (χ1v) is 12.4. The lowest BCUT2D eigenvalue weighted by atomic mass is 10.2. The van der Waals surface area contributed by atoms with Crippen LogP contribution in [-0.2, 0) is 4.79 Å². The topological polar surface area (TPSA) is 61.2 Å². The number of anilines is 2. The third kappa shape index (κ3) is 4.19. The molecule has 5 rings (SSSR count). The van der Waals surface area contributed by atoms with Gasteiger partial charge in [-0.3, -0.25) is 18.9 Å². The lowest BCUT2D eigenvalue weighted by molar-refractivity contribution is -0.121. The number of pyridine rings is 1. The lowest BCUT2D eigenvalue weighted by Gasteiger charge is -2.37. The Morgan fingerprint density at radius 3 is 2.50 bits per heavy atom. The van der Waals surface area contributed by atoms with Crippen LogP contribution in [0.3, 0.4) is 0 Å². The molecule has 1 amide bonds. The van der Waals surface area contributed by atoms with E-state index in [1.54, 1.807) is 23.7 Å². The van der Waals surface area contributed by atoms with Gasteiger partial charge in [-0.2, -0.15) is 0 Å². The molecule has 0 spiro atoms. The summed E-state index contributed by atoms with van der Waals surface area (Å²) in [7, 11) is 1.64. The number of nitrogens with zero attached hydrogens (tertiary/aromatic N) is 5. The molecule has 0 radical (unpaired) electrons. The fourth-order valence-electron chi connectivity index (χ4n) is 4.14. The number of hydrogen-bond acceptors (Lipinski definition) is 7. The minimum atomic E-state index is -0.208. The molecule has 4 heterocycles. The Balaban J connectivity index is 1.55. The van der Waals surface area contributed by atoms with E-state index < -0.39 is 0 Å². The molecular formula is C24H22ClN5O2S2. The van der Waals surface area contributed by atoms with Crippen molar-refractivity contribution in [1.82, 2.24) is 14.3 Å². The number of aryl methyl sites for hydroxylation is 1. The van der Waals surface area contributed by atoms with E-state index in [4.69, 9.17) is 28.8 Å². The van der Waals surface area contributed by atoms with Gasteiger partial charge in [0.25, 0.3) is 11.5 Å². The zero-order valence-electron chi connectivity index (χ0n) is 18.7. The quantitative estimate of drug-likeness (QED) is 0.391. The number of fused-ring (bicyclic) bond motifs is 1. The summed E-state index contributed by atoms with van der Waals surface area (Å²) in [6, 6.07) is 11.6. The summed E-state index contributed by atoms with van der Waals surface area (Å²) in [4.78, 5) is 37.3. The van der Waals surface area contributed by atoms with Gasteiger partial charge in [0.05, 0.1) is 10.5 Å². The van der Waals surface area contributed by atoms with Gasteiger partial charge >= 0.3 is 0 Å². The first kappa shape index (κ1) is 22.9. The van der Waals surface area contributed by atoms with Crippen molar-refractivity contribution in [3.63, 3.8) is 0 Å². The summed E-state index contributed by atoms with van der Waals surface area (Å²) < 4.78 is 2.01. The van der Waals surface area contributed by atoms with Gasteiger partial charge in [0.15, 0.2) is 0 Å². The summed E-state index contributed by atoms with van der Waals surface area (Å²) >= 11 is 12.6. The standard InChI is InChI=1S/C24H22ClN5O2S2/c1-15-6-7-20-26-21(29-10-8-28(9-11-29)17-5-3-4-16(25)12-17)18(22(31)30(20)14-15)13-19-23(32)27(2)24(33)34-19/h3-7,12-14H,8-11H2,1-2H3. The molecule has 10 heteroatoms. The van der Waals surface area contributed by atoms with Gasteiger partial charge in [0.2, 0.25) is 0 Å². The van der Waals surface area contributed by atoms with E-state index >= 15 is 0 Å². The van der Waals surface area contributed by atoms with Crippen molar-refractivity contribution in [3.8, 4) is 0 Å². The molecule has 2 aliphatic rings. The maximum atomic E-state index is 13.6. The number of thioether (sulfide) groups is 1. The molecule has 0 atom stereocenters. The summed E-state index contributed by atoms with van der Waals surface area (Å²) in [6.45, 7) is 4.79. The zero-order valence-corrected chi connectivity index (χ0v) is 21.1. The number of thiocarbonyl (C=S) groups is 1. The van der Waals surface area contributed by atoms with Crippen LogP contribution in [0.1, 0.15) is 11.1 Å². The highest BCUT2D eigenvalue weighted by atomic mass is 35.5. The number of carbonyl (C=O) groups excluding carboxylic acids is 1. The van der Waals surface area contributed by atoms with E-state index in [1.807, 2.05) is 43.3 Å². The SMILES string of the molecule is Cc1ccc2nc(N3CCN(c4cccc(Cl)c4)CC3)c(C=C3SC(=S)N(C)C3=O)c(=O)n2c1. The van der Waals surface area contributed by atoms with Crippen LogP contribution in [0.5, 0.6) is 0 Å². The maximum absolute atomic E-state index is 13.6. The zero-order chi connectivity index (χ0) is 24.0. The second kappa shape index (κ2) is 9.05. The van der Waals surface area contributed by atoms with Crippen LogP contribution in [0.25, 0.3) is 11.7 Å². The Bertz CT molecular complexity index is 1410. The number of piperazine rings is 1. The monoisotopic (exact) mass is 511 g/mol. The summed E-state index contributed by atoms with van der Waals surface area (Å²) in [5, 5.41) is 0.704. The number of likely N-dealkylation sites (N-methyl/N-ethyl adjacent to an activating group) is 1. The highest BCUT2D eigenvalue weighted by molar-refractivity contribution is 8.26. The van der Waals surface area contributed by atoms with Gasteiger partial charge < -0.3 is 9.80 Å². The van der Waals surface area contributed by atoms with E-state index in [0.29, 0.717) is 44.4 Å². The number of halogens is 1. The summed E-state index contributed by atoms with van der Waals surface area (Å²) in [5.41, 5.74) is 2.78. The molecule has 3 aromatic rings. The molecule has 2 aromatic heterocycles. The normalized spacial score (nSPS) is 18.0. The van der Waals surface area contributed by atoms with Crippen LogP contribution in [-0.4, -0.2) is 57.7 Å². The van der Waals surface area contributed by atoms with Crippen LogP contribution in [0.4, 0.5) is 11.5 Å². The predicted molar refractivity (Wildman–Crippen MR) is 143 cm³/mol. The van der Waals surface area contributed by atoms with Crippen molar-refractivity contribution < 1.29 is 4.79 Å². The van der Waals surface area contributed by atoms with Gasteiger partial charge in [-0.05, 0) is 42.8 Å². The van der Waals surface area contributed by atoms with Crippen molar-refractivity contribution in [3.05, 3.63) is 74.0 Å². The highest BCUT2D eigenvalue weighted by Crippen LogP contribution is 2.33. The van der Waals surface area contributed by atoms with Crippen LogP contribution in [0.2, 0.25) is 5.02 Å². The van der Waals surface area contributed by atoms with Crippen LogP contribution in [0.15, 0.2) is 52.3 Å². The third-order valence-electron chi connectivity index (χ3n) is 6.00. The second-order valence-corrected chi connectivity index (χ2v) is 10.4. The molecule has 0 unspecified atom stereocenters.